The van der Waals surface area contributed by atoms with Gasteiger partial charge < -0.3 is 10.8 Å². The zero-order valence-corrected chi connectivity index (χ0v) is 9.51. The molecule has 1 unspecified atom stereocenters. The Hall–Kier alpha value is -0.450. The van der Waals surface area contributed by atoms with Crippen molar-refractivity contribution in [2.75, 3.05) is 13.2 Å². The van der Waals surface area contributed by atoms with Crippen molar-refractivity contribution in [3.05, 3.63) is 34.1 Å². The first-order chi connectivity index (χ1) is 6.55. The van der Waals surface area contributed by atoms with Crippen LogP contribution in [-0.2, 0) is 5.41 Å². The molecule has 1 aromatic rings. The van der Waals surface area contributed by atoms with Crippen LogP contribution in [0.2, 0.25) is 0 Å². The zero-order chi connectivity index (χ0) is 10.8. The number of benzene rings is 1. The van der Waals surface area contributed by atoms with Crippen LogP contribution in [-0.4, -0.2) is 18.3 Å². The fourth-order valence-corrected chi connectivity index (χ4v) is 2.14. The van der Waals surface area contributed by atoms with Crippen molar-refractivity contribution >= 4 is 15.9 Å². The quantitative estimate of drug-likeness (QED) is 0.872. The largest absolute Gasteiger partial charge is 0.395 e. The maximum absolute atomic E-state index is 13.5. The van der Waals surface area contributed by atoms with E-state index in [4.69, 9.17) is 5.73 Å². The van der Waals surface area contributed by atoms with E-state index in [1.165, 1.54) is 6.07 Å². The second-order valence-corrected chi connectivity index (χ2v) is 4.37. The fraction of sp³-hybridized carbons (Fsp3) is 0.400. The molecule has 4 heteroatoms. The smallest absolute Gasteiger partial charge is 0.128 e. The number of halogens is 2. The van der Waals surface area contributed by atoms with Gasteiger partial charge in [-0.1, -0.05) is 28.9 Å². The van der Waals surface area contributed by atoms with Crippen LogP contribution < -0.4 is 5.73 Å². The van der Waals surface area contributed by atoms with Gasteiger partial charge in [0, 0.05) is 22.0 Å². The Morgan fingerprint density at radius 2 is 2.21 bits per heavy atom. The van der Waals surface area contributed by atoms with Gasteiger partial charge in [-0.25, -0.2) is 4.39 Å². The van der Waals surface area contributed by atoms with Gasteiger partial charge in [-0.2, -0.15) is 0 Å². The van der Waals surface area contributed by atoms with E-state index in [-0.39, 0.29) is 19.0 Å². The van der Waals surface area contributed by atoms with Crippen LogP contribution in [0, 0.1) is 5.82 Å². The normalized spacial score (nSPS) is 15.2. The highest BCUT2D eigenvalue weighted by Gasteiger charge is 2.29. The van der Waals surface area contributed by atoms with Gasteiger partial charge in [-0.05, 0) is 12.1 Å². The first-order valence-electron chi connectivity index (χ1n) is 4.30. The number of aliphatic hydroxyl groups is 1. The molecule has 2 nitrogen and oxygen atoms in total. The molecular weight excluding hydrogens is 249 g/mol. The van der Waals surface area contributed by atoms with E-state index in [0.29, 0.717) is 10.0 Å². The average Bonchev–Trinajstić information content (AvgIpc) is 2.17. The summed E-state index contributed by atoms with van der Waals surface area (Å²) >= 11 is 3.26. The molecule has 0 heterocycles. The van der Waals surface area contributed by atoms with Gasteiger partial charge in [-0.3, -0.25) is 0 Å². The molecule has 0 aromatic heterocycles. The summed E-state index contributed by atoms with van der Waals surface area (Å²) in [6.07, 6.45) is 0. The third-order valence-electron chi connectivity index (χ3n) is 2.37. The molecule has 1 atom stereocenters. The lowest BCUT2D eigenvalue weighted by Gasteiger charge is -2.27. The molecule has 0 spiro atoms. The number of rotatable bonds is 3. The van der Waals surface area contributed by atoms with Gasteiger partial charge in [0.05, 0.1) is 6.61 Å². The van der Waals surface area contributed by atoms with E-state index in [0.717, 1.165) is 0 Å². The molecule has 0 bridgehead atoms. The molecule has 0 amide bonds. The second kappa shape index (κ2) is 4.38. The lowest BCUT2D eigenvalue weighted by atomic mass is 9.83. The standard InChI is InChI=1S/C10H13BrFNO/c1-10(5-13,6-14)9-7(11)3-2-4-8(9)12/h2-4,14H,5-6,13H2,1H3. The Bertz CT molecular complexity index is 306. The van der Waals surface area contributed by atoms with E-state index < -0.39 is 5.41 Å². The summed E-state index contributed by atoms with van der Waals surface area (Å²) in [4.78, 5) is 0. The Kier molecular flexibility index (Phi) is 3.64. The molecule has 0 radical (unpaired) electrons. The molecule has 0 fully saturated rings. The van der Waals surface area contributed by atoms with E-state index >= 15 is 0 Å². The summed E-state index contributed by atoms with van der Waals surface area (Å²) in [7, 11) is 0. The van der Waals surface area contributed by atoms with Crippen molar-refractivity contribution in [3.8, 4) is 0 Å². The van der Waals surface area contributed by atoms with Crippen LogP contribution >= 0.6 is 15.9 Å². The molecule has 78 valence electrons. The van der Waals surface area contributed by atoms with E-state index in [1.54, 1.807) is 19.1 Å². The first kappa shape index (κ1) is 11.6. The molecule has 0 aliphatic rings. The molecule has 3 N–H and O–H groups in total. The lowest BCUT2D eigenvalue weighted by molar-refractivity contribution is 0.206. The van der Waals surface area contributed by atoms with Crippen molar-refractivity contribution in [1.29, 1.82) is 0 Å². The Morgan fingerprint density at radius 1 is 1.57 bits per heavy atom. The zero-order valence-electron chi connectivity index (χ0n) is 7.93. The Labute approximate surface area is 91.1 Å². The predicted molar refractivity (Wildman–Crippen MR) is 57.6 cm³/mol. The summed E-state index contributed by atoms with van der Waals surface area (Å²) in [5, 5.41) is 9.22. The highest BCUT2D eigenvalue weighted by molar-refractivity contribution is 9.10. The van der Waals surface area contributed by atoms with Gasteiger partial charge in [0.1, 0.15) is 5.82 Å². The third-order valence-corrected chi connectivity index (χ3v) is 3.03. The minimum atomic E-state index is -0.732. The molecule has 0 aliphatic carbocycles. The van der Waals surface area contributed by atoms with Crippen LogP contribution in [0.5, 0.6) is 0 Å². The van der Waals surface area contributed by atoms with Crippen LogP contribution in [0.15, 0.2) is 22.7 Å². The highest BCUT2D eigenvalue weighted by atomic mass is 79.9. The summed E-state index contributed by atoms with van der Waals surface area (Å²) in [5.74, 6) is -0.346. The number of hydrogen-bond acceptors (Lipinski definition) is 2. The van der Waals surface area contributed by atoms with E-state index in [9.17, 15) is 9.50 Å². The van der Waals surface area contributed by atoms with Crippen LogP contribution in [0.25, 0.3) is 0 Å². The molecule has 14 heavy (non-hydrogen) atoms. The molecule has 0 saturated carbocycles. The lowest BCUT2D eigenvalue weighted by Crippen LogP contribution is -2.36. The van der Waals surface area contributed by atoms with Crippen molar-refractivity contribution < 1.29 is 9.50 Å². The predicted octanol–water partition coefficient (Wildman–Crippen LogP) is 1.80. The summed E-state index contributed by atoms with van der Waals surface area (Å²) < 4.78 is 14.2. The minimum absolute atomic E-state index is 0.178. The monoisotopic (exact) mass is 261 g/mol. The molecular formula is C10H13BrFNO. The molecule has 1 rings (SSSR count). The molecule has 0 saturated heterocycles. The fourth-order valence-electron chi connectivity index (χ4n) is 1.32. The summed E-state index contributed by atoms with van der Waals surface area (Å²) in [6.45, 7) is 1.75. The molecule has 1 aromatic carbocycles. The van der Waals surface area contributed by atoms with Gasteiger partial charge in [0.2, 0.25) is 0 Å². The minimum Gasteiger partial charge on any atom is -0.395 e. The van der Waals surface area contributed by atoms with Gasteiger partial charge in [0.15, 0.2) is 0 Å². The maximum Gasteiger partial charge on any atom is 0.128 e. The number of hydrogen-bond donors (Lipinski definition) is 2. The van der Waals surface area contributed by atoms with Crippen LogP contribution in [0.4, 0.5) is 4.39 Å². The van der Waals surface area contributed by atoms with Crippen molar-refractivity contribution in [2.24, 2.45) is 5.73 Å². The Morgan fingerprint density at radius 3 is 2.64 bits per heavy atom. The third kappa shape index (κ3) is 1.97. The van der Waals surface area contributed by atoms with Crippen molar-refractivity contribution in [1.82, 2.24) is 0 Å². The van der Waals surface area contributed by atoms with Crippen LogP contribution in [0.1, 0.15) is 12.5 Å². The maximum atomic E-state index is 13.5. The Balaban J connectivity index is 3.29. The first-order valence-corrected chi connectivity index (χ1v) is 5.10. The van der Waals surface area contributed by atoms with Crippen molar-refractivity contribution in [2.45, 2.75) is 12.3 Å². The van der Waals surface area contributed by atoms with E-state index in [2.05, 4.69) is 15.9 Å². The number of nitrogens with two attached hydrogens (primary N) is 1. The topological polar surface area (TPSA) is 46.2 Å². The van der Waals surface area contributed by atoms with Gasteiger partial charge in [0.25, 0.3) is 0 Å². The second-order valence-electron chi connectivity index (χ2n) is 3.52. The highest BCUT2D eigenvalue weighted by Crippen LogP contribution is 2.31. The number of aliphatic hydroxyl groups excluding tert-OH is 1. The molecule has 0 aliphatic heterocycles. The SMILES string of the molecule is CC(CN)(CO)c1c(F)cccc1Br. The van der Waals surface area contributed by atoms with Crippen molar-refractivity contribution in [3.63, 3.8) is 0 Å². The summed E-state index contributed by atoms with van der Waals surface area (Å²) in [5.41, 5.74) is 5.24. The average molecular weight is 262 g/mol. The van der Waals surface area contributed by atoms with Crippen LogP contribution in [0.3, 0.4) is 0 Å². The van der Waals surface area contributed by atoms with E-state index in [1.807, 2.05) is 0 Å². The summed E-state index contributed by atoms with van der Waals surface area (Å²) in [6, 6.07) is 4.71. The van der Waals surface area contributed by atoms with Gasteiger partial charge in [-0.15, -0.1) is 0 Å². The van der Waals surface area contributed by atoms with Gasteiger partial charge >= 0.3 is 0 Å².